The lowest BCUT2D eigenvalue weighted by atomic mass is 10.0. The Morgan fingerprint density at radius 3 is 1.63 bits per heavy atom. The van der Waals surface area contributed by atoms with E-state index in [1.54, 1.807) is 30.5 Å². The van der Waals surface area contributed by atoms with Crippen molar-refractivity contribution in [1.29, 1.82) is 0 Å². The van der Waals surface area contributed by atoms with Crippen molar-refractivity contribution >= 4 is 81.7 Å². The summed E-state index contributed by atoms with van der Waals surface area (Å²) in [6.45, 7) is 1.89. The van der Waals surface area contributed by atoms with Gasteiger partial charge in [-0.1, -0.05) is 48.5 Å². The smallest absolute Gasteiger partial charge is 0.243 e. The minimum absolute atomic E-state index is 0.00502. The lowest BCUT2D eigenvalue weighted by Gasteiger charge is -2.27. The molecule has 0 radical (unpaired) electrons. The van der Waals surface area contributed by atoms with Crippen molar-refractivity contribution in [3.8, 4) is 0 Å². The summed E-state index contributed by atoms with van der Waals surface area (Å²) in [5.74, 6) is -3.61. The molecule has 3 aromatic rings. The molecule has 0 saturated carbocycles. The molecule has 0 aliphatic rings. The van der Waals surface area contributed by atoms with Gasteiger partial charge in [0.05, 0.1) is 0 Å². The van der Waals surface area contributed by atoms with Gasteiger partial charge in [0.15, 0.2) is 5.96 Å². The zero-order valence-electron chi connectivity index (χ0n) is 37.4. The Hall–Kier alpha value is -5.80. The van der Waals surface area contributed by atoms with Crippen LogP contribution in [0.5, 0.6) is 0 Å². The molecule has 1 heterocycles. The van der Waals surface area contributed by atoms with Crippen LogP contribution in [-0.2, 0) is 46.4 Å². The normalized spacial score (nSPS) is 13.8. The molecule has 6 atom stereocenters. The Morgan fingerprint density at radius 1 is 0.600 bits per heavy atom. The predicted octanol–water partition coefficient (Wildman–Crippen LogP) is 0.0559. The number of carbonyl (C=O) groups is 7. The molecule has 21 heteroatoms. The fourth-order valence-electron chi connectivity index (χ4n) is 6.96. The SMILES string of the molecule is CSCCC(NC(=O)C(Cc1c[nH]c2ccccc12)NC(=O)C(CCSC)NC(=O)C(Cc1ccccc1)NC(=O)C(CCCN=C(N)N)NC(C)=O)C(=O)NC(CCCCN)C(N)=O. The average Bonchev–Trinajstić information content (AvgIpc) is 3.68. The van der Waals surface area contributed by atoms with Crippen LogP contribution in [0.2, 0.25) is 0 Å². The molecule has 0 saturated heterocycles. The van der Waals surface area contributed by atoms with Crippen LogP contribution in [0.25, 0.3) is 10.9 Å². The van der Waals surface area contributed by atoms with Gasteiger partial charge >= 0.3 is 0 Å². The molecular formula is C44H66N12O7S2. The van der Waals surface area contributed by atoms with Gasteiger partial charge in [0.1, 0.15) is 36.3 Å². The number of primary amides is 1. The number of hydrogen-bond donors (Lipinski definition) is 11. The molecule has 0 aliphatic carbocycles. The van der Waals surface area contributed by atoms with Gasteiger partial charge in [-0.05, 0) is 92.7 Å². The minimum atomic E-state index is -1.24. The number of amides is 7. The van der Waals surface area contributed by atoms with E-state index < -0.39 is 77.6 Å². The fourth-order valence-corrected chi connectivity index (χ4v) is 7.90. The van der Waals surface area contributed by atoms with Crippen molar-refractivity contribution in [3.63, 3.8) is 0 Å². The number of nitrogens with one attached hydrogen (secondary N) is 7. The van der Waals surface area contributed by atoms with Gasteiger partial charge in [0.2, 0.25) is 41.4 Å². The topological polar surface area (TPSA) is 324 Å². The van der Waals surface area contributed by atoms with E-state index in [9.17, 15) is 33.6 Å². The number of aromatic nitrogens is 1. The lowest BCUT2D eigenvalue weighted by Crippen LogP contribution is -2.60. The quantitative estimate of drug-likeness (QED) is 0.0240. The van der Waals surface area contributed by atoms with Crippen LogP contribution < -0.4 is 54.8 Å². The number of aliphatic imine (C=N–C) groups is 1. The highest BCUT2D eigenvalue weighted by atomic mass is 32.2. The van der Waals surface area contributed by atoms with Crippen LogP contribution in [0.15, 0.2) is 65.8 Å². The molecule has 356 valence electrons. The molecule has 19 nitrogen and oxygen atoms in total. The fraction of sp³-hybridized carbons (Fsp3) is 0.500. The van der Waals surface area contributed by atoms with Gasteiger partial charge in [-0.3, -0.25) is 38.6 Å². The summed E-state index contributed by atoms with van der Waals surface area (Å²) < 4.78 is 0. The van der Waals surface area contributed by atoms with Crippen molar-refractivity contribution in [1.82, 2.24) is 36.9 Å². The Balaban J connectivity index is 1.94. The van der Waals surface area contributed by atoms with E-state index in [0.717, 1.165) is 16.5 Å². The maximum atomic E-state index is 14.4. The van der Waals surface area contributed by atoms with Gasteiger partial charge in [0, 0.05) is 43.4 Å². The first kappa shape index (κ1) is 53.5. The molecule has 0 bridgehead atoms. The molecule has 65 heavy (non-hydrogen) atoms. The third kappa shape index (κ3) is 19.1. The summed E-state index contributed by atoms with van der Waals surface area (Å²) in [6.07, 6.45) is 7.83. The maximum absolute atomic E-state index is 14.4. The highest BCUT2D eigenvalue weighted by Gasteiger charge is 2.33. The number of nitrogens with zero attached hydrogens (tertiary/aromatic N) is 1. The second-order valence-corrected chi connectivity index (χ2v) is 17.5. The number of guanidine groups is 1. The number of unbranched alkanes of at least 4 members (excludes halogenated alkanes) is 1. The number of fused-ring (bicyclic) bond motifs is 1. The van der Waals surface area contributed by atoms with E-state index in [1.165, 1.54) is 30.4 Å². The molecule has 1 aromatic heterocycles. The maximum Gasteiger partial charge on any atom is 0.243 e. The lowest BCUT2D eigenvalue weighted by molar-refractivity contribution is -0.135. The first-order valence-electron chi connectivity index (χ1n) is 21.6. The third-order valence-corrected chi connectivity index (χ3v) is 11.7. The second-order valence-electron chi connectivity index (χ2n) is 15.5. The van der Waals surface area contributed by atoms with Crippen molar-refractivity contribution in [3.05, 3.63) is 71.9 Å². The van der Waals surface area contributed by atoms with Gasteiger partial charge in [-0.2, -0.15) is 23.5 Å². The van der Waals surface area contributed by atoms with Crippen LogP contribution in [0, 0.1) is 0 Å². The Bertz CT molecular complexity index is 2050. The summed E-state index contributed by atoms with van der Waals surface area (Å²) in [6, 6.07) is 9.75. The van der Waals surface area contributed by atoms with Gasteiger partial charge in [0.25, 0.3) is 0 Å². The molecule has 0 aliphatic heterocycles. The molecule has 0 spiro atoms. The van der Waals surface area contributed by atoms with E-state index in [1.807, 2.05) is 42.8 Å². The largest absolute Gasteiger partial charge is 0.370 e. The molecule has 2 aromatic carbocycles. The number of H-pyrrole nitrogens is 1. The van der Waals surface area contributed by atoms with Crippen LogP contribution in [0.1, 0.15) is 63.0 Å². The highest BCUT2D eigenvalue weighted by molar-refractivity contribution is 7.98. The predicted molar refractivity (Wildman–Crippen MR) is 257 cm³/mol. The second kappa shape index (κ2) is 28.9. The Kier molecular flexibility index (Phi) is 23.8. The number of aromatic amines is 1. The van der Waals surface area contributed by atoms with Crippen molar-refractivity contribution in [2.24, 2.45) is 27.9 Å². The van der Waals surface area contributed by atoms with E-state index >= 15 is 0 Å². The number of thioether (sulfide) groups is 2. The van der Waals surface area contributed by atoms with Crippen LogP contribution in [-0.4, -0.2) is 126 Å². The molecular weight excluding hydrogens is 873 g/mol. The molecule has 7 amide bonds. The first-order chi connectivity index (χ1) is 31.2. The summed E-state index contributed by atoms with van der Waals surface area (Å²) in [5.41, 5.74) is 24.4. The van der Waals surface area contributed by atoms with E-state index in [0.29, 0.717) is 42.9 Å². The Labute approximate surface area is 388 Å². The van der Waals surface area contributed by atoms with E-state index in [2.05, 4.69) is 41.9 Å². The molecule has 3 rings (SSSR count). The number of rotatable bonds is 30. The zero-order valence-corrected chi connectivity index (χ0v) is 39.0. The molecule has 6 unspecified atom stereocenters. The number of carbonyl (C=O) groups excluding carboxylic acids is 7. The number of benzene rings is 2. The molecule has 0 fully saturated rings. The third-order valence-electron chi connectivity index (χ3n) is 10.4. The number of hydrogen-bond acceptors (Lipinski definition) is 11. The summed E-state index contributed by atoms with van der Waals surface area (Å²) in [5, 5.41) is 17.4. The summed E-state index contributed by atoms with van der Waals surface area (Å²) >= 11 is 2.91. The molecule has 15 N–H and O–H groups in total. The first-order valence-corrected chi connectivity index (χ1v) is 24.4. The van der Waals surface area contributed by atoms with Crippen LogP contribution >= 0.6 is 23.5 Å². The van der Waals surface area contributed by atoms with Crippen LogP contribution in [0.3, 0.4) is 0 Å². The summed E-state index contributed by atoms with van der Waals surface area (Å²) in [4.78, 5) is 102. The van der Waals surface area contributed by atoms with Crippen molar-refractivity contribution in [2.75, 3.05) is 37.1 Å². The van der Waals surface area contributed by atoms with Gasteiger partial charge in [-0.15, -0.1) is 0 Å². The monoisotopic (exact) mass is 938 g/mol. The van der Waals surface area contributed by atoms with Crippen molar-refractivity contribution < 1.29 is 33.6 Å². The van der Waals surface area contributed by atoms with Gasteiger partial charge < -0.3 is 59.8 Å². The highest BCUT2D eigenvalue weighted by Crippen LogP contribution is 2.20. The van der Waals surface area contributed by atoms with Crippen LogP contribution in [0.4, 0.5) is 0 Å². The number of nitrogens with two attached hydrogens (primary N) is 4. The standard InChI is InChI=1S/C44H66N12O7S2/c1-27(57)51-33(17-11-21-49-44(47)48)39(59)55-36(24-28-12-5-4-6-13-28)42(62)53-35(19-23-65-3)41(61)56-37(25-29-26-50-31-15-8-7-14-30(29)31)43(63)54-34(18-22-64-2)40(60)52-32(38(46)58)16-9-10-20-45/h4-8,12-15,26,32-37,50H,9-11,16-25,45H2,1-3H3,(H2,46,58)(H,51,57)(H,52,60)(H,53,62)(H,54,63)(H,55,59)(H,56,61)(H4,47,48,49). The summed E-state index contributed by atoms with van der Waals surface area (Å²) in [7, 11) is 0. The van der Waals surface area contributed by atoms with Gasteiger partial charge in [-0.25, -0.2) is 0 Å². The van der Waals surface area contributed by atoms with Crippen molar-refractivity contribution in [2.45, 2.75) is 101 Å². The van der Waals surface area contributed by atoms with E-state index in [4.69, 9.17) is 22.9 Å². The Morgan fingerprint density at radius 2 is 1.09 bits per heavy atom. The van der Waals surface area contributed by atoms with E-state index in [-0.39, 0.29) is 51.0 Å². The number of para-hydroxylation sites is 1. The minimum Gasteiger partial charge on any atom is -0.370 e. The zero-order chi connectivity index (χ0) is 47.7. The average molecular weight is 939 g/mol.